The Kier molecular flexibility index (Phi) is 8.82. The molecule has 0 aliphatic carbocycles. The molecule has 0 radical (unpaired) electrons. The molecule has 38 heavy (non-hydrogen) atoms. The number of ether oxygens (including phenoxy) is 1. The molecular formula is C26H28ClN7O4. The highest BCUT2D eigenvalue weighted by molar-refractivity contribution is 6.30. The topological polar surface area (TPSA) is 162 Å². The van der Waals surface area contributed by atoms with E-state index in [0.29, 0.717) is 24.5 Å². The molecule has 0 aliphatic rings. The fraction of sp³-hybridized carbons (Fsp3) is 0.308. The maximum Gasteiger partial charge on any atom is 0.323 e. The summed E-state index contributed by atoms with van der Waals surface area (Å²) in [6.45, 7) is 2.38. The number of nitrogens with two attached hydrogens (primary N) is 1. The highest BCUT2D eigenvalue weighted by atomic mass is 35.5. The minimum Gasteiger partial charge on any atom is -0.481 e. The lowest BCUT2D eigenvalue weighted by atomic mass is 9.98. The highest BCUT2D eigenvalue weighted by Gasteiger charge is 2.22. The number of H-pyrrole nitrogens is 1. The van der Waals surface area contributed by atoms with Crippen LogP contribution in [0.25, 0.3) is 22.5 Å². The molecule has 1 unspecified atom stereocenters. The Hall–Kier alpha value is -4.09. The fourth-order valence-electron chi connectivity index (χ4n) is 4.05. The number of esters is 1. The van der Waals surface area contributed by atoms with Crippen molar-refractivity contribution >= 4 is 23.5 Å². The summed E-state index contributed by atoms with van der Waals surface area (Å²) in [5, 5.41) is 23.5. The molecule has 4 aromatic rings. The first kappa shape index (κ1) is 27.0. The van der Waals surface area contributed by atoms with Crippen molar-refractivity contribution in [2.75, 3.05) is 0 Å². The molecule has 4 rings (SSSR count). The van der Waals surface area contributed by atoms with Gasteiger partial charge in [0.25, 0.3) is 0 Å². The van der Waals surface area contributed by atoms with E-state index in [1.807, 2.05) is 53.1 Å². The first-order valence-corrected chi connectivity index (χ1v) is 12.5. The van der Waals surface area contributed by atoms with Gasteiger partial charge in [0.05, 0.1) is 12.1 Å². The number of nitrogens with one attached hydrogen (secondary N) is 1. The zero-order valence-corrected chi connectivity index (χ0v) is 21.6. The summed E-state index contributed by atoms with van der Waals surface area (Å²) in [4.78, 5) is 27.6. The number of unbranched alkanes of at least 4 members (excludes halogenated alkanes) is 1. The summed E-state index contributed by atoms with van der Waals surface area (Å²) in [5.41, 5.74) is 9.98. The number of nitrogens with zero attached hydrogens (tertiary/aromatic N) is 5. The van der Waals surface area contributed by atoms with Gasteiger partial charge in [-0.2, -0.15) is 5.21 Å². The molecule has 11 nitrogen and oxygen atoms in total. The third kappa shape index (κ3) is 6.42. The molecule has 1 atom stereocenters. The van der Waals surface area contributed by atoms with Crippen LogP contribution < -0.4 is 5.73 Å². The third-order valence-electron chi connectivity index (χ3n) is 6.02. The normalized spacial score (nSPS) is 11.9. The quantitative estimate of drug-likeness (QED) is 0.229. The Morgan fingerprint density at radius 1 is 1.16 bits per heavy atom. The van der Waals surface area contributed by atoms with Crippen LogP contribution in [0.5, 0.6) is 0 Å². The number of aliphatic carboxylic acids is 1. The third-order valence-corrected chi connectivity index (χ3v) is 6.33. The number of carboxylic acid groups (broad SMARTS) is 1. The van der Waals surface area contributed by atoms with E-state index in [4.69, 9.17) is 27.2 Å². The lowest BCUT2D eigenvalue weighted by Crippen LogP contribution is -2.34. The lowest BCUT2D eigenvalue weighted by molar-refractivity contribution is -0.150. The van der Waals surface area contributed by atoms with Gasteiger partial charge in [-0.1, -0.05) is 73.5 Å². The molecule has 198 valence electrons. The van der Waals surface area contributed by atoms with E-state index in [2.05, 4.69) is 32.5 Å². The molecule has 2 heterocycles. The molecule has 2 aromatic heterocycles. The van der Waals surface area contributed by atoms with Crippen molar-refractivity contribution in [3.63, 3.8) is 0 Å². The second-order valence-corrected chi connectivity index (χ2v) is 9.10. The Balaban J connectivity index is 1.57. The largest absolute Gasteiger partial charge is 0.481 e. The molecule has 0 amide bonds. The number of aryl methyl sites for hydroxylation is 1. The van der Waals surface area contributed by atoms with Gasteiger partial charge in [-0.15, -0.1) is 10.2 Å². The van der Waals surface area contributed by atoms with Gasteiger partial charge in [-0.05, 0) is 28.3 Å². The second kappa shape index (κ2) is 12.4. The van der Waals surface area contributed by atoms with Crippen LogP contribution in [0.3, 0.4) is 0 Å². The number of tetrazole rings is 1. The van der Waals surface area contributed by atoms with E-state index in [1.54, 1.807) is 0 Å². The lowest BCUT2D eigenvalue weighted by Gasteiger charge is -2.15. The molecule has 0 fully saturated rings. The van der Waals surface area contributed by atoms with Gasteiger partial charge in [0, 0.05) is 18.5 Å². The van der Waals surface area contributed by atoms with Crippen molar-refractivity contribution in [3.05, 3.63) is 70.8 Å². The molecular weight excluding hydrogens is 510 g/mol. The molecule has 0 aliphatic heterocycles. The molecule has 2 aromatic carbocycles. The number of aromatic amines is 1. The Morgan fingerprint density at radius 2 is 1.89 bits per heavy atom. The van der Waals surface area contributed by atoms with Crippen LogP contribution in [-0.2, 0) is 33.9 Å². The van der Waals surface area contributed by atoms with E-state index in [0.717, 1.165) is 40.9 Å². The number of carbonyl (C=O) groups is 2. The van der Waals surface area contributed by atoms with Crippen LogP contribution in [-0.4, -0.2) is 53.3 Å². The summed E-state index contributed by atoms with van der Waals surface area (Å²) in [6, 6.07) is 14.6. The minimum atomic E-state index is -1.26. The number of benzene rings is 2. The highest BCUT2D eigenvalue weighted by Crippen LogP contribution is 2.30. The van der Waals surface area contributed by atoms with Crippen molar-refractivity contribution in [2.24, 2.45) is 5.73 Å². The van der Waals surface area contributed by atoms with Crippen molar-refractivity contribution in [2.45, 2.75) is 51.8 Å². The summed E-state index contributed by atoms with van der Waals surface area (Å²) in [6.07, 6.45) is 2.09. The number of imidazole rings is 1. The average Bonchev–Trinajstić information content (AvgIpc) is 3.54. The van der Waals surface area contributed by atoms with Crippen LogP contribution in [0.1, 0.15) is 43.3 Å². The van der Waals surface area contributed by atoms with Crippen molar-refractivity contribution in [1.29, 1.82) is 0 Å². The fourth-order valence-corrected chi connectivity index (χ4v) is 4.31. The number of aromatic nitrogens is 6. The SMILES string of the molecule is CCCCc1nc(Cl)c(COC(=O)C(N)CC(=O)O)n1Cc1ccc(-c2ccccc2-c2nn[nH]n2)cc1. The van der Waals surface area contributed by atoms with Gasteiger partial charge in [0.1, 0.15) is 18.5 Å². The van der Waals surface area contributed by atoms with Gasteiger partial charge in [-0.25, -0.2) is 4.98 Å². The number of carbonyl (C=O) groups excluding carboxylic acids is 1. The van der Waals surface area contributed by atoms with E-state index in [1.165, 1.54) is 0 Å². The van der Waals surface area contributed by atoms with E-state index in [-0.39, 0.29) is 11.8 Å². The van der Waals surface area contributed by atoms with Crippen molar-refractivity contribution in [3.8, 4) is 22.5 Å². The van der Waals surface area contributed by atoms with Gasteiger partial charge in [0.15, 0.2) is 5.15 Å². The Labute approximate surface area is 224 Å². The summed E-state index contributed by atoms with van der Waals surface area (Å²) >= 11 is 6.45. The van der Waals surface area contributed by atoms with Gasteiger partial charge < -0.3 is 20.1 Å². The molecule has 0 spiro atoms. The maximum absolute atomic E-state index is 12.2. The molecule has 0 saturated heterocycles. The number of carboxylic acids is 1. The molecule has 4 N–H and O–H groups in total. The second-order valence-electron chi connectivity index (χ2n) is 8.75. The minimum absolute atomic E-state index is 0.166. The van der Waals surface area contributed by atoms with Crippen LogP contribution in [0.15, 0.2) is 48.5 Å². The van der Waals surface area contributed by atoms with Gasteiger partial charge in [-0.3, -0.25) is 9.59 Å². The number of hydrogen-bond acceptors (Lipinski definition) is 8. The summed E-state index contributed by atoms with van der Waals surface area (Å²) < 4.78 is 7.24. The smallest absolute Gasteiger partial charge is 0.323 e. The average molecular weight is 538 g/mol. The molecule has 0 bridgehead atoms. The number of halogens is 1. The predicted octanol–water partition coefficient (Wildman–Crippen LogP) is 3.62. The van der Waals surface area contributed by atoms with Crippen LogP contribution >= 0.6 is 11.6 Å². The van der Waals surface area contributed by atoms with Gasteiger partial charge >= 0.3 is 11.9 Å². The van der Waals surface area contributed by atoms with Crippen LogP contribution in [0.2, 0.25) is 5.15 Å². The van der Waals surface area contributed by atoms with Crippen LogP contribution in [0, 0.1) is 0 Å². The molecule has 12 heteroatoms. The maximum atomic E-state index is 12.2. The monoisotopic (exact) mass is 537 g/mol. The first-order chi connectivity index (χ1) is 18.4. The van der Waals surface area contributed by atoms with E-state index in [9.17, 15) is 9.59 Å². The standard InChI is InChI=1S/C26H28ClN7O4/c1-2-3-8-22-29-24(27)21(15-38-26(37)20(28)13-23(35)36)34(22)14-16-9-11-17(12-10-16)18-6-4-5-7-19(18)25-30-32-33-31-25/h4-7,9-12,20H,2-3,8,13-15,28H2,1H3,(H,35,36)(H,30,31,32,33). The van der Waals surface area contributed by atoms with E-state index < -0.39 is 24.4 Å². The van der Waals surface area contributed by atoms with E-state index >= 15 is 0 Å². The summed E-state index contributed by atoms with van der Waals surface area (Å²) in [5.74, 6) is -0.691. The first-order valence-electron chi connectivity index (χ1n) is 12.2. The Morgan fingerprint density at radius 3 is 2.55 bits per heavy atom. The van der Waals surface area contributed by atoms with Crippen LogP contribution in [0.4, 0.5) is 0 Å². The van der Waals surface area contributed by atoms with Gasteiger partial charge in [0.2, 0.25) is 5.82 Å². The zero-order chi connectivity index (χ0) is 27.1. The molecule has 0 saturated carbocycles. The van der Waals surface area contributed by atoms with Crippen molar-refractivity contribution in [1.82, 2.24) is 30.2 Å². The van der Waals surface area contributed by atoms with Crippen molar-refractivity contribution < 1.29 is 19.4 Å². The predicted molar refractivity (Wildman–Crippen MR) is 140 cm³/mol. The zero-order valence-electron chi connectivity index (χ0n) is 20.8. The Bertz CT molecular complexity index is 1390. The number of rotatable bonds is 12. The number of hydrogen-bond donors (Lipinski definition) is 3. The summed E-state index contributed by atoms with van der Waals surface area (Å²) in [7, 11) is 0.